The third kappa shape index (κ3) is 3.51. The Balaban J connectivity index is 1.50. The standard InChI is InChI=1S/C22H22N2O3/c23-14-15-4-3-6-17(12-15)16-8-10-24(11-9-16)21(25)19-13-18-5-1-2-7-20(18)27-22(19)26/h1-7,12-13,16H,8-11,14,23H2. The maximum Gasteiger partial charge on any atom is 0.349 e. The number of hydrogen-bond donors (Lipinski definition) is 1. The van der Waals surface area contributed by atoms with Gasteiger partial charge in [0, 0.05) is 25.0 Å². The summed E-state index contributed by atoms with van der Waals surface area (Å²) in [6.45, 7) is 1.79. The number of benzene rings is 2. The van der Waals surface area contributed by atoms with E-state index in [1.54, 1.807) is 23.1 Å². The van der Waals surface area contributed by atoms with E-state index >= 15 is 0 Å². The molecular weight excluding hydrogens is 340 g/mol. The first-order valence-corrected chi connectivity index (χ1v) is 9.27. The van der Waals surface area contributed by atoms with Gasteiger partial charge in [-0.25, -0.2) is 4.79 Å². The molecule has 27 heavy (non-hydrogen) atoms. The monoisotopic (exact) mass is 362 g/mol. The van der Waals surface area contributed by atoms with Crippen LogP contribution < -0.4 is 11.4 Å². The van der Waals surface area contributed by atoms with Crippen LogP contribution in [0.3, 0.4) is 0 Å². The molecule has 0 atom stereocenters. The molecule has 0 radical (unpaired) electrons. The van der Waals surface area contributed by atoms with E-state index in [2.05, 4.69) is 12.1 Å². The van der Waals surface area contributed by atoms with Crippen LogP contribution in [-0.2, 0) is 6.54 Å². The molecule has 1 fully saturated rings. The maximum atomic E-state index is 12.9. The summed E-state index contributed by atoms with van der Waals surface area (Å²) in [5, 5.41) is 0.758. The molecule has 4 rings (SSSR count). The zero-order valence-corrected chi connectivity index (χ0v) is 15.1. The summed E-state index contributed by atoms with van der Waals surface area (Å²) < 4.78 is 5.31. The highest BCUT2D eigenvalue weighted by molar-refractivity contribution is 5.96. The van der Waals surface area contributed by atoms with Gasteiger partial charge in [-0.15, -0.1) is 0 Å². The lowest BCUT2D eigenvalue weighted by Crippen LogP contribution is -2.39. The Bertz CT molecular complexity index is 1030. The van der Waals surface area contributed by atoms with Gasteiger partial charge in [0.25, 0.3) is 5.91 Å². The van der Waals surface area contributed by atoms with E-state index in [9.17, 15) is 9.59 Å². The van der Waals surface area contributed by atoms with Gasteiger partial charge in [0.15, 0.2) is 0 Å². The zero-order chi connectivity index (χ0) is 18.8. The van der Waals surface area contributed by atoms with Crippen LogP contribution in [0, 0.1) is 0 Å². The van der Waals surface area contributed by atoms with E-state index in [0.717, 1.165) is 23.8 Å². The molecule has 5 heteroatoms. The van der Waals surface area contributed by atoms with E-state index in [0.29, 0.717) is 31.1 Å². The molecule has 0 aliphatic carbocycles. The van der Waals surface area contributed by atoms with Crippen LogP contribution >= 0.6 is 0 Å². The lowest BCUT2D eigenvalue weighted by Gasteiger charge is -2.32. The molecular formula is C22H22N2O3. The molecule has 1 aliphatic rings. The van der Waals surface area contributed by atoms with Crippen molar-refractivity contribution >= 4 is 16.9 Å². The van der Waals surface area contributed by atoms with Crippen LogP contribution in [0.5, 0.6) is 0 Å². The third-order valence-corrected chi connectivity index (χ3v) is 5.31. The summed E-state index contributed by atoms with van der Waals surface area (Å²) in [4.78, 5) is 26.9. The fourth-order valence-corrected chi connectivity index (χ4v) is 3.77. The molecule has 0 saturated carbocycles. The number of piperidine rings is 1. The van der Waals surface area contributed by atoms with Crippen LogP contribution in [0.25, 0.3) is 11.0 Å². The largest absolute Gasteiger partial charge is 0.422 e. The zero-order valence-electron chi connectivity index (χ0n) is 15.1. The number of nitrogens with two attached hydrogens (primary N) is 1. The predicted octanol–water partition coefficient (Wildman–Crippen LogP) is 3.27. The smallest absolute Gasteiger partial charge is 0.349 e. The number of rotatable bonds is 3. The van der Waals surface area contributed by atoms with Crippen molar-refractivity contribution in [2.75, 3.05) is 13.1 Å². The first-order valence-electron chi connectivity index (χ1n) is 9.27. The van der Waals surface area contributed by atoms with Crippen molar-refractivity contribution in [2.24, 2.45) is 5.73 Å². The second-order valence-corrected chi connectivity index (χ2v) is 7.00. The average Bonchev–Trinajstić information content (AvgIpc) is 2.73. The highest BCUT2D eigenvalue weighted by atomic mass is 16.4. The van der Waals surface area contributed by atoms with Gasteiger partial charge in [-0.05, 0) is 42.0 Å². The molecule has 1 aromatic heterocycles. The van der Waals surface area contributed by atoms with Crippen molar-refractivity contribution < 1.29 is 9.21 Å². The number of amides is 1. The van der Waals surface area contributed by atoms with Crippen molar-refractivity contribution in [2.45, 2.75) is 25.3 Å². The van der Waals surface area contributed by atoms with E-state index in [4.69, 9.17) is 10.2 Å². The fraction of sp³-hybridized carbons (Fsp3) is 0.273. The van der Waals surface area contributed by atoms with Crippen LogP contribution in [0.15, 0.2) is 63.8 Å². The van der Waals surface area contributed by atoms with E-state index < -0.39 is 5.63 Å². The second-order valence-electron chi connectivity index (χ2n) is 7.00. The summed E-state index contributed by atoms with van der Waals surface area (Å²) in [7, 11) is 0. The Kier molecular flexibility index (Phi) is 4.77. The van der Waals surface area contributed by atoms with Gasteiger partial charge < -0.3 is 15.1 Å². The molecule has 138 valence electrons. The molecule has 1 aliphatic heterocycles. The molecule has 5 nitrogen and oxygen atoms in total. The molecule has 3 aromatic rings. The fourth-order valence-electron chi connectivity index (χ4n) is 3.77. The van der Waals surface area contributed by atoms with Gasteiger partial charge in [-0.3, -0.25) is 4.79 Å². The van der Waals surface area contributed by atoms with Gasteiger partial charge in [-0.2, -0.15) is 0 Å². The molecule has 0 unspecified atom stereocenters. The SMILES string of the molecule is NCc1cccc(C2CCN(C(=O)c3cc4ccccc4oc3=O)CC2)c1. The highest BCUT2D eigenvalue weighted by Gasteiger charge is 2.26. The minimum absolute atomic E-state index is 0.109. The van der Waals surface area contributed by atoms with Crippen LogP contribution in [0.4, 0.5) is 0 Å². The Morgan fingerprint density at radius 2 is 1.85 bits per heavy atom. The molecule has 2 aromatic carbocycles. The second kappa shape index (κ2) is 7.37. The first-order chi connectivity index (χ1) is 13.2. The van der Waals surface area contributed by atoms with E-state index in [-0.39, 0.29) is 11.5 Å². The number of carbonyl (C=O) groups excluding carboxylic acids is 1. The quantitative estimate of drug-likeness (QED) is 0.726. The van der Waals surface area contributed by atoms with Gasteiger partial charge in [-0.1, -0.05) is 42.5 Å². The topological polar surface area (TPSA) is 76.5 Å². The van der Waals surface area contributed by atoms with E-state index in [1.165, 1.54) is 5.56 Å². The first kappa shape index (κ1) is 17.5. The molecule has 0 spiro atoms. The minimum Gasteiger partial charge on any atom is -0.422 e. The number of likely N-dealkylation sites (tertiary alicyclic amines) is 1. The highest BCUT2D eigenvalue weighted by Crippen LogP contribution is 2.29. The minimum atomic E-state index is -0.573. The Labute approximate surface area is 157 Å². The molecule has 0 bridgehead atoms. The van der Waals surface area contributed by atoms with Crippen LogP contribution in [-0.4, -0.2) is 23.9 Å². The van der Waals surface area contributed by atoms with Gasteiger partial charge in [0.1, 0.15) is 11.1 Å². The van der Waals surface area contributed by atoms with Crippen molar-refractivity contribution in [1.82, 2.24) is 4.90 Å². The van der Waals surface area contributed by atoms with Gasteiger partial charge >= 0.3 is 5.63 Å². The Morgan fingerprint density at radius 1 is 1.07 bits per heavy atom. The van der Waals surface area contributed by atoms with Gasteiger partial charge in [0.05, 0.1) is 0 Å². The van der Waals surface area contributed by atoms with Crippen LogP contribution in [0.2, 0.25) is 0 Å². The summed E-state index contributed by atoms with van der Waals surface area (Å²) in [6, 6.07) is 17.2. The number of para-hydroxylation sites is 1. The van der Waals surface area contributed by atoms with Crippen molar-refractivity contribution in [3.8, 4) is 0 Å². The molecule has 2 N–H and O–H groups in total. The Morgan fingerprint density at radius 3 is 2.63 bits per heavy atom. The number of fused-ring (bicyclic) bond motifs is 1. The number of nitrogens with zero attached hydrogens (tertiary/aromatic N) is 1. The summed E-state index contributed by atoms with van der Waals surface area (Å²) in [6.07, 6.45) is 1.75. The average molecular weight is 362 g/mol. The van der Waals surface area contributed by atoms with Crippen molar-refractivity contribution in [3.05, 3.63) is 81.7 Å². The summed E-state index contributed by atoms with van der Waals surface area (Å²) in [5.74, 6) is 0.164. The van der Waals surface area contributed by atoms with Crippen molar-refractivity contribution in [3.63, 3.8) is 0 Å². The predicted molar refractivity (Wildman–Crippen MR) is 105 cm³/mol. The lowest BCUT2D eigenvalue weighted by atomic mass is 9.88. The molecule has 1 amide bonds. The third-order valence-electron chi connectivity index (χ3n) is 5.31. The number of carbonyl (C=O) groups is 1. The molecule has 1 saturated heterocycles. The van der Waals surface area contributed by atoms with Gasteiger partial charge in [0.2, 0.25) is 0 Å². The molecule has 2 heterocycles. The Hall–Kier alpha value is -2.92. The van der Waals surface area contributed by atoms with Crippen LogP contribution in [0.1, 0.15) is 40.2 Å². The summed E-state index contributed by atoms with van der Waals surface area (Å²) >= 11 is 0. The van der Waals surface area contributed by atoms with Crippen molar-refractivity contribution in [1.29, 1.82) is 0 Å². The normalized spacial score (nSPS) is 15.2. The number of hydrogen-bond acceptors (Lipinski definition) is 4. The summed E-state index contributed by atoms with van der Waals surface area (Å²) in [5.41, 5.74) is 8.17. The van der Waals surface area contributed by atoms with E-state index in [1.807, 2.05) is 24.3 Å². The lowest BCUT2D eigenvalue weighted by molar-refractivity contribution is 0.0709. The maximum absolute atomic E-state index is 12.9.